The Kier molecular flexibility index (Phi) is 3.24. The highest BCUT2D eigenvalue weighted by Gasteiger charge is 2.36. The van der Waals surface area contributed by atoms with E-state index in [1.54, 1.807) is 12.1 Å². The molecule has 0 heterocycles. The maximum Gasteiger partial charge on any atom is 0.416 e. The van der Waals surface area contributed by atoms with E-state index in [1.807, 2.05) is 0 Å². The molecule has 0 radical (unpaired) electrons. The fourth-order valence-electron chi connectivity index (χ4n) is 2.84. The van der Waals surface area contributed by atoms with Gasteiger partial charge in [0.15, 0.2) is 0 Å². The van der Waals surface area contributed by atoms with Crippen LogP contribution in [0.5, 0.6) is 0 Å². The predicted octanol–water partition coefficient (Wildman–Crippen LogP) is 4.41. The molecule has 0 spiro atoms. The van der Waals surface area contributed by atoms with Gasteiger partial charge in [-0.15, -0.1) is 0 Å². The number of hydrogen-bond donors (Lipinski definition) is 1. The summed E-state index contributed by atoms with van der Waals surface area (Å²) in [4.78, 5) is 0. The summed E-state index contributed by atoms with van der Waals surface area (Å²) in [6.07, 6.45) is -5.05. The highest BCUT2D eigenvalue weighted by Crippen LogP contribution is 2.45. The van der Waals surface area contributed by atoms with Gasteiger partial charge in [0.25, 0.3) is 0 Å². The normalized spacial score (nSPS) is 21.4. The van der Waals surface area contributed by atoms with Crippen LogP contribution in [0.4, 0.5) is 17.6 Å². The Bertz CT molecular complexity index is 661. The molecule has 0 unspecified atom stereocenters. The molecule has 0 fully saturated rings. The lowest BCUT2D eigenvalue weighted by Crippen LogP contribution is -2.06. The van der Waals surface area contributed by atoms with Crippen LogP contribution < -0.4 is 0 Å². The molecule has 0 saturated carbocycles. The first-order valence-electron chi connectivity index (χ1n) is 6.51. The fraction of sp³-hybridized carbons (Fsp3) is 0.250. The quantitative estimate of drug-likeness (QED) is 0.773. The largest absolute Gasteiger partial charge is 0.416 e. The fourth-order valence-corrected chi connectivity index (χ4v) is 2.84. The van der Waals surface area contributed by atoms with Crippen molar-refractivity contribution in [3.63, 3.8) is 0 Å². The van der Waals surface area contributed by atoms with Crippen molar-refractivity contribution in [3.05, 3.63) is 70.5 Å². The van der Waals surface area contributed by atoms with E-state index in [1.165, 1.54) is 18.2 Å². The van der Waals surface area contributed by atoms with Gasteiger partial charge >= 0.3 is 6.18 Å². The molecule has 3 rings (SSSR count). The van der Waals surface area contributed by atoms with Crippen molar-refractivity contribution in [3.8, 4) is 0 Å². The van der Waals surface area contributed by atoms with E-state index >= 15 is 0 Å². The first kappa shape index (κ1) is 14.1. The number of aliphatic hydroxyl groups is 1. The lowest BCUT2D eigenvalue weighted by atomic mass is 9.92. The second-order valence-electron chi connectivity index (χ2n) is 5.20. The number of rotatable bonds is 1. The Morgan fingerprint density at radius 2 is 1.62 bits per heavy atom. The lowest BCUT2D eigenvalue weighted by Gasteiger charge is -2.13. The van der Waals surface area contributed by atoms with Crippen LogP contribution in [0.1, 0.15) is 40.7 Å². The van der Waals surface area contributed by atoms with Crippen molar-refractivity contribution in [2.75, 3.05) is 0 Å². The van der Waals surface area contributed by atoms with E-state index in [-0.39, 0.29) is 11.7 Å². The summed E-state index contributed by atoms with van der Waals surface area (Å²) < 4.78 is 51.1. The summed E-state index contributed by atoms with van der Waals surface area (Å²) in [6, 6.07) is 9.24. The minimum Gasteiger partial charge on any atom is -0.388 e. The van der Waals surface area contributed by atoms with Crippen LogP contribution >= 0.6 is 0 Å². The van der Waals surface area contributed by atoms with Gasteiger partial charge in [0.2, 0.25) is 0 Å². The molecule has 2 atom stereocenters. The maximum atomic E-state index is 13.0. The summed E-state index contributed by atoms with van der Waals surface area (Å²) >= 11 is 0. The van der Waals surface area contributed by atoms with E-state index in [4.69, 9.17) is 0 Å². The molecule has 0 bridgehead atoms. The van der Waals surface area contributed by atoms with Gasteiger partial charge in [0.05, 0.1) is 11.7 Å². The Balaban J connectivity index is 2.02. The molecule has 0 aliphatic heterocycles. The third-order valence-electron chi connectivity index (χ3n) is 3.88. The van der Waals surface area contributed by atoms with Crippen molar-refractivity contribution in [2.45, 2.75) is 24.6 Å². The van der Waals surface area contributed by atoms with Crippen LogP contribution in [-0.2, 0) is 6.18 Å². The zero-order chi connectivity index (χ0) is 15.2. The molecule has 0 amide bonds. The molecule has 1 aliphatic carbocycles. The molecule has 21 heavy (non-hydrogen) atoms. The van der Waals surface area contributed by atoms with Crippen molar-refractivity contribution in [1.82, 2.24) is 0 Å². The number of aliphatic hydroxyl groups excluding tert-OH is 1. The molecular weight excluding hydrogens is 284 g/mol. The number of fused-ring (bicyclic) bond motifs is 1. The third kappa shape index (κ3) is 2.53. The Labute approximate surface area is 118 Å². The van der Waals surface area contributed by atoms with Crippen molar-refractivity contribution in [1.29, 1.82) is 0 Å². The van der Waals surface area contributed by atoms with E-state index in [0.717, 1.165) is 17.7 Å². The third-order valence-corrected chi connectivity index (χ3v) is 3.88. The van der Waals surface area contributed by atoms with Gasteiger partial charge in [-0.05, 0) is 47.4 Å². The van der Waals surface area contributed by atoms with Gasteiger partial charge in [-0.25, -0.2) is 4.39 Å². The van der Waals surface area contributed by atoms with Crippen molar-refractivity contribution >= 4 is 0 Å². The number of halogens is 4. The van der Waals surface area contributed by atoms with Gasteiger partial charge < -0.3 is 5.11 Å². The molecule has 1 aliphatic rings. The molecule has 2 aromatic rings. The molecule has 0 aromatic heterocycles. The average molecular weight is 296 g/mol. The van der Waals surface area contributed by atoms with Gasteiger partial charge in [-0.2, -0.15) is 13.2 Å². The minimum absolute atomic E-state index is 0.210. The predicted molar refractivity (Wildman–Crippen MR) is 69.3 cm³/mol. The van der Waals surface area contributed by atoms with Crippen LogP contribution in [0.3, 0.4) is 0 Å². The Morgan fingerprint density at radius 3 is 2.24 bits per heavy atom. The van der Waals surface area contributed by atoms with E-state index < -0.39 is 17.8 Å². The van der Waals surface area contributed by atoms with Gasteiger partial charge in [-0.3, -0.25) is 0 Å². The monoisotopic (exact) mass is 296 g/mol. The summed E-state index contributed by atoms with van der Waals surface area (Å²) in [5.41, 5.74) is 0.996. The zero-order valence-electron chi connectivity index (χ0n) is 10.9. The zero-order valence-corrected chi connectivity index (χ0v) is 10.9. The maximum absolute atomic E-state index is 13.0. The van der Waals surface area contributed by atoms with E-state index in [9.17, 15) is 22.7 Å². The lowest BCUT2D eigenvalue weighted by molar-refractivity contribution is -0.137. The van der Waals surface area contributed by atoms with Crippen LogP contribution in [0.15, 0.2) is 42.5 Å². The Hall–Kier alpha value is -1.88. The second-order valence-corrected chi connectivity index (χ2v) is 5.20. The summed E-state index contributed by atoms with van der Waals surface area (Å²) in [5.74, 6) is -0.581. The van der Waals surface area contributed by atoms with Crippen LogP contribution in [-0.4, -0.2) is 5.11 Å². The van der Waals surface area contributed by atoms with Crippen molar-refractivity contribution < 1.29 is 22.7 Å². The van der Waals surface area contributed by atoms with Gasteiger partial charge in [0.1, 0.15) is 5.82 Å². The van der Waals surface area contributed by atoms with Gasteiger partial charge in [0, 0.05) is 5.92 Å². The van der Waals surface area contributed by atoms with Gasteiger partial charge in [-0.1, -0.05) is 18.2 Å². The van der Waals surface area contributed by atoms with Crippen LogP contribution in [0.25, 0.3) is 0 Å². The SMILES string of the molecule is O[C@@H]1C[C@H](c2ccc(F)cc2)c2ccc(C(F)(F)F)cc21. The molecule has 0 saturated heterocycles. The highest BCUT2D eigenvalue weighted by molar-refractivity contribution is 5.46. The van der Waals surface area contributed by atoms with E-state index in [0.29, 0.717) is 17.5 Å². The van der Waals surface area contributed by atoms with E-state index in [2.05, 4.69) is 0 Å². The number of benzene rings is 2. The molecular formula is C16H12F4O. The highest BCUT2D eigenvalue weighted by atomic mass is 19.4. The summed E-state index contributed by atoms with van der Waals surface area (Å²) in [7, 11) is 0. The first-order chi connectivity index (χ1) is 9.86. The smallest absolute Gasteiger partial charge is 0.388 e. The minimum atomic E-state index is -4.43. The molecule has 5 heteroatoms. The Morgan fingerprint density at radius 1 is 0.952 bits per heavy atom. The van der Waals surface area contributed by atoms with Crippen molar-refractivity contribution in [2.24, 2.45) is 0 Å². The first-order valence-corrected chi connectivity index (χ1v) is 6.51. The standard InChI is InChI=1S/C16H12F4O/c17-11-4-1-9(2-5-11)13-8-15(21)14-7-10(16(18,19)20)3-6-12(13)14/h1-7,13,15,21H,8H2/t13-,15-/m1/s1. The molecule has 1 N–H and O–H groups in total. The number of alkyl halides is 3. The molecule has 2 aromatic carbocycles. The average Bonchev–Trinajstić information content (AvgIpc) is 2.76. The summed E-state index contributed by atoms with van der Waals surface area (Å²) in [5, 5.41) is 10.0. The number of hydrogen-bond acceptors (Lipinski definition) is 1. The molecule has 110 valence electrons. The molecule has 1 nitrogen and oxygen atoms in total. The topological polar surface area (TPSA) is 20.2 Å². The summed E-state index contributed by atoms with van der Waals surface area (Å²) in [6.45, 7) is 0. The second kappa shape index (κ2) is 4.84. The van der Waals surface area contributed by atoms with Crippen LogP contribution in [0.2, 0.25) is 0 Å². The van der Waals surface area contributed by atoms with Crippen LogP contribution in [0, 0.1) is 5.82 Å².